The van der Waals surface area contributed by atoms with E-state index in [9.17, 15) is 8.42 Å². The number of fused-ring (bicyclic) bond motifs is 1. The molecule has 0 radical (unpaired) electrons. The summed E-state index contributed by atoms with van der Waals surface area (Å²) in [4.78, 5) is 4.44. The summed E-state index contributed by atoms with van der Waals surface area (Å²) in [7, 11) is -3.69. The van der Waals surface area contributed by atoms with Crippen LogP contribution in [0.15, 0.2) is 76.2 Å². The summed E-state index contributed by atoms with van der Waals surface area (Å²) in [6.45, 7) is 0. The molecule has 27 heavy (non-hydrogen) atoms. The molecule has 0 saturated heterocycles. The van der Waals surface area contributed by atoms with E-state index in [-0.39, 0.29) is 4.90 Å². The number of aromatic nitrogens is 3. The van der Waals surface area contributed by atoms with Gasteiger partial charge in [-0.25, -0.2) is 8.42 Å². The summed E-state index contributed by atoms with van der Waals surface area (Å²) in [5, 5.41) is 10.2. The topological polar surface area (TPSA) is 99.8 Å². The van der Waals surface area contributed by atoms with Crippen LogP contribution < -0.4 is 10.0 Å². The van der Waals surface area contributed by atoms with Gasteiger partial charge in [0.25, 0.3) is 10.0 Å². The molecule has 2 aromatic carbocycles. The van der Waals surface area contributed by atoms with Gasteiger partial charge in [-0.3, -0.25) is 14.8 Å². The minimum atomic E-state index is -3.69. The molecule has 0 aliphatic heterocycles. The van der Waals surface area contributed by atoms with Crippen molar-refractivity contribution in [2.75, 3.05) is 10.0 Å². The molecule has 4 aromatic rings. The summed E-state index contributed by atoms with van der Waals surface area (Å²) >= 11 is 3.33. The normalized spacial score (nSPS) is 11.4. The molecule has 2 heterocycles. The molecule has 0 fully saturated rings. The zero-order chi connectivity index (χ0) is 18.9. The van der Waals surface area contributed by atoms with E-state index in [0.29, 0.717) is 27.2 Å². The van der Waals surface area contributed by atoms with Crippen LogP contribution >= 0.6 is 15.9 Å². The molecule has 0 spiro atoms. The van der Waals surface area contributed by atoms with Gasteiger partial charge < -0.3 is 5.32 Å². The Morgan fingerprint density at radius 2 is 1.74 bits per heavy atom. The SMILES string of the molecule is O=S(=O)(Nc1ccccc1Br)c1ccc(Nc2n[nH]c3cccnc23)cc1. The van der Waals surface area contributed by atoms with Crippen LogP contribution in [0.25, 0.3) is 11.0 Å². The lowest BCUT2D eigenvalue weighted by molar-refractivity contribution is 0.601. The smallest absolute Gasteiger partial charge is 0.261 e. The number of aromatic amines is 1. The van der Waals surface area contributed by atoms with Crippen molar-refractivity contribution < 1.29 is 8.42 Å². The van der Waals surface area contributed by atoms with Crippen LogP contribution in [0.1, 0.15) is 0 Å². The Morgan fingerprint density at radius 3 is 2.52 bits per heavy atom. The van der Waals surface area contributed by atoms with Crippen molar-refractivity contribution in [3.05, 3.63) is 71.3 Å². The molecule has 0 atom stereocenters. The average Bonchev–Trinajstić information content (AvgIpc) is 3.07. The number of para-hydroxylation sites is 1. The van der Waals surface area contributed by atoms with Crippen molar-refractivity contribution in [3.8, 4) is 0 Å². The molecule has 0 saturated carbocycles. The minimum Gasteiger partial charge on any atom is -0.337 e. The van der Waals surface area contributed by atoms with Gasteiger partial charge in [0.2, 0.25) is 0 Å². The third-order valence-electron chi connectivity index (χ3n) is 3.87. The van der Waals surface area contributed by atoms with Gasteiger partial charge in [0.1, 0.15) is 5.52 Å². The van der Waals surface area contributed by atoms with Crippen LogP contribution in [0.3, 0.4) is 0 Å². The maximum Gasteiger partial charge on any atom is 0.261 e. The zero-order valence-electron chi connectivity index (χ0n) is 13.8. The molecule has 3 N–H and O–H groups in total. The Labute approximate surface area is 164 Å². The first kappa shape index (κ1) is 17.5. The van der Waals surface area contributed by atoms with Gasteiger partial charge >= 0.3 is 0 Å². The van der Waals surface area contributed by atoms with Gasteiger partial charge in [-0.05, 0) is 64.5 Å². The standard InChI is InChI=1S/C18H14BrN5O2S/c19-14-4-1-2-5-15(14)24-27(25,26)13-9-7-12(8-10-13)21-18-17-16(22-23-18)6-3-11-20-17/h1-11,24H,(H2,21,22,23). The summed E-state index contributed by atoms with van der Waals surface area (Å²) in [6, 6.07) is 17.2. The average molecular weight is 444 g/mol. The molecule has 4 rings (SSSR count). The van der Waals surface area contributed by atoms with E-state index in [1.807, 2.05) is 18.2 Å². The number of pyridine rings is 1. The van der Waals surface area contributed by atoms with E-state index in [0.717, 1.165) is 5.52 Å². The number of hydrogen-bond donors (Lipinski definition) is 3. The van der Waals surface area contributed by atoms with Crippen molar-refractivity contribution in [1.29, 1.82) is 0 Å². The van der Waals surface area contributed by atoms with Crippen LogP contribution in [0.5, 0.6) is 0 Å². The first-order chi connectivity index (χ1) is 13.0. The fourth-order valence-corrected chi connectivity index (χ4v) is 4.14. The summed E-state index contributed by atoms with van der Waals surface area (Å²) in [6.07, 6.45) is 1.69. The van der Waals surface area contributed by atoms with E-state index >= 15 is 0 Å². The molecule has 0 bridgehead atoms. The fourth-order valence-electron chi connectivity index (χ4n) is 2.54. The lowest BCUT2D eigenvalue weighted by Gasteiger charge is -2.10. The van der Waals surface area contributed by atoms with Crippen LogP contribution in [0, 0.1) is 0 Å². The lowest BCUT2D eigenvalue weighted by Crippen LogP contribution is -2.13. The third-order valence-corrected chi connectivity index (χ3v) is 5.94. The first-order valence-corrected chi connectivity index (χ1v) is 10.2. The molecular formula is C18H14BrN5O2S. The molecule has 2 aromatic heterocycles. The molecule has 0 aliphatic carbocycles. The van der Waals surface area contributed by atoms with Gasteiger partial charge in [0.15, 0.2) is 5.82 Å². The lowest BCUT2D eigenvalue weighted by atomic mass is 10.3. The Kier molecular flexibility index (Phi) is 4.54. The van der Waals surface area contributed by atoms with E-state index in [1.54, 1.807) is 36.5 Å². The zero-order valence-corrected chi connectivity index (χ0v) is 16.3. The van der Waals surface area contributed by atoms with Gasteiger partial charge in [-0.1, -0.05) is 12.1 Å². The molecule has 7 nitrogen and oxygen atoms in total. The van der Waals surface area contributed by atoms with Crippen molar-refractivity contribution in [2.24, 2.45) is 0 Å². The molecular weight excluding hydrogens is 430 g/mol. The van der Waals surface area contributed by atoms with E-state index in [1.165, 1.54) is 12.1 Å². The van der Waals surface area contributed by atoms with Gasteiger partial charge in [0, 0.05) is 16.4 Å². The Bertz CT molecular complexity index is 1210. The molecule has 9 heteroatoms. The maximum atomic E-state index is 12.6. The predicted octanol–water partition coefficient (Wildman–Crippen LogP) is 4.26. The molecule has 0 unspecified atom stereocenters. The van der Waals surface area contributed by atoms with Crippen LogP contribution in [0.4, 0.5) is 17.2 Å². The number of rotatable bonds is 5. The highest BCUT2D eigenvalue weighted by Gasteiger charge is 2.15. The second-order valence-electron chi connectivity index (χ2n) is 5.71. The number of halogens is 1. The molecule has 136 valence electrons. The molecule has 0 amide bonds. The highest BCUT2D eigenvalue weighted by atomic mass is 79.9. The van der Waals surface area contributed by atoms with Crippen molar-refractivity contribution >= 4 is 54.2 Å². The number of hydrogen-bond acceptors (Lipinski definition) is 5. The van der Waals surface area contributed by atoms with Crippen LogP contribution in [0.2, 0.25) is 0 Å². The number of sulfonamides is 1. The second kappa shape index (κ2) is 7.01. The largest absolute Gasteiger partial charge is 0.337 e. The van der Waals surface area contributed by atoms with E-state index in [2.05, 4.69) is 41.2 Å². The van der Waals surface area contributed by atoms with Crippen molar-refractivity contribution in [2.45, 2.75) is 4.90 Å². The monoisotopic (exact) mass is 443 g/mol. The van der Waals surface area contributed by atoms with Gasteiger partial charge in [-0.15, -0.1) is 0 Å². The number of nitrogens with one attached hydrogen (secondary N) is 3. The quantitative estimate of drug-likeness (QED) is 0.427. The third kappa shape index (κ3) is 3.64. The summed E-state index contributed by atoms with van der Waals surface area (Å²) < 4.78 is 28.4. The van der Waals surface area contributed by atoms with E-state index in [4.69, 9.17) is 0 Å². The summed E-state index contributed by atoms with van der Waals surface area (Å²) in [5.74, 6) is 0.576. The number of benzene rings is 2. The second-order valence-corrected chi connectivity index (χ2v) is 8.24. The van der Waals surface area contributed by atoms with Gasteiger partial charge in [-0.2, -0.15) is 5.10 Å². The first-order valence-electron chi connectivity index (χ1n) is 7.96. The van der Waals surface area contributed by atoms with E-state index < -0.39 is 10.0 Å². The van der Waals surface area contributed by atoms with Crippen LogP contribution in [-0.2, 0) is 10.0 Å². The number of anilines is 3. The highest BCUT2D eigenvalue weighted by molar-refractivity contribution is 9.10. The minimum absolute atomic E-state index is 0.161. The predicted molar refractivity (Wildman–Crippen MR) is 109 cm³/mol. The molecule has 0 aliphatic rings. The highest BCUT2D eigenvalue weighted by Crippen LogP contribution is 2.26. The fraction of sp³-hybridized carbons (Fsp3) is 0. The van der Waals surface area contributed by atoms with Crippen molar-refractivity contribution in [1.82, 2.24) is 15.2 Å². The maximum absolute atomic E-state index is 12.6. The van der Waals surface area contributed by atoms with Gasteiger partial charge in [0.05, 0.1) is 16.1 Å². The summed E-state index contributed by atoms with van der Waals surface area (Å²) in [5.41, 5.74) is 2.71. The Morgan fingerprint density at radius 1 is 0.963 bits per heavy atom. The number of nitrogens with zero attached hydrogens (tertiary/aromatic N) is 2. The number of H-pyrrole nitrogens is 1. The van der Waals surface area contributed by atoms with Crippen LogP contribution in [-0.4, -0.2) is 23.6 Å². The Balaban J connectivity index is 1.56. The van der Waals surface area contributed by atoms with Crippen molar-refractivity contribution in [3.63, 3.8) is 0 Å². The Hall–Kier alpha value is -2.91.